The summed E-state index contributed by atoms with van der Waals surface area (Å²) in [7, 11) is 0. The predicted molar refractivity (Wildman–Crippen MR) is 132 cm³/mol. The molecule has 1 aromatic carbocycles. The SMILES string of the molecule is CCCCC(CC)CN(CC)c1ccc(N=Nc2snc(CC)c2C#N)c(NC(C)=O)c1. The summed E-state index contributed by atoms with van der Waals surface area (Å²) in [6.07, 6.45) is 5.50. The first-order chi connectivity index (χ1) is 15.5. The Kier molecular flexibility index (Phi) is 10.3. The Labute approximate surface area is 195 Å². The fraction of sp³-hybridized carbons (Fsp3) is 0.542. The Morgan fingerprint density at radius 2 is 2.06 bits per heavy atom. The minimum absolute atomic E-state index is 0.167. The number of unbranched alkanes of at least 4 members (excludes halogenated alkanes) is 1. The van der Waals surface area contributed by atoms with Crippen molar-refractivity contribution in [2.45, 2.75) is 66.7 Å². The summed E-state index contributed by atoms with van der Waals surface area (Å²) in [4.78, 5) is 14.2. The Bertz CT molecular complexity index is 962. The smallest absolute Gasteiger partial charge is 0.221 e. The van der Waals surface area contributed by atoms with E-state index in [1.165, 1.54) is 26.2 Å². The second-order valence-electron chi connectivity index (χ2n) is 7.81. The summed E-state index contributed by atoms with van der Waals surface area (Å²) in [6, 6.07) is 8.01. The van der Waals surface area contributed by atoms with Crippen molar-refractivity contribution in [1.82, 2.24) is 4.37 Å². The van der Waals surface area contributed by atoms with Gasteiger partial charge in [0.2, 0.25) is 5.91 Å². The van der Waals surface area contributed by atoms with Gasteiger partial charge in [-0.25, -0.2) is 0 Å². The number of aryl methyl sites for hydroxylation is 1. The lowest BCUT2D eigenvalue weighted by atomic mass is 9.98. The van der Waals surface area contributed by atoms with Crippen molar-refractivity contribution in [3.8, 4) is 6.07 Å². The summed E-state index contributed by atoms with van der Waals surface area (Å²) in [6.45, 7) is 11.9. The Balaban J connectivity index is 2.33. The molecule has 0 saturated heterocycles. The topological polar surface area (TPSA) is 93.7 Å². The molecule has 1 atom stereocenters. The number of nitriles is 1. The van der Waals surface area contributed by atoms with E-state index in [1.807, 2.05) is 25.1 Å². The van der Waals surface area contributed by atoms with Crippen LogP contribution in [0.2, 0.25) is 0 Å². The average Bonchev–Trinajstić information content (AvgIpc) is 3.20. The first kappa shape index (κ1) is 25.5. The molecule has 1 N–H and O–H groups in total. The van der Waals surface area contributed by atoms with Crippen molar-refractivity contribution >= 4 is 39.5 Å². The van der Waals surface area contributed by atoms with Crippen LogP contribution in [0, 0.1) is 17.2 Å². The molecule has 1 amide bonds. The molecule has 1 unspecified atom stereocenters. The Hall–Kier alpha value is -2.79. The quantitative estimate of drug-likeness (QED) is 0.350. The van der Waals surface area contributed by atoms with Crippen molar-refractivity contribution in [3.05, 3.63) is 29.5 Å². The fourth-order valence-corrected chi connectivity index (χ4v) is 4.33. The van der Waals surface area contributed by atoms with Gasteiger partial charge in [0.15, 0.2) is 5.00 Å². The number of hydrogen-bond donors (Lipinski definition) is 1. The van der Waals surface area contributed by atoms with E-state index in [9.17, 15) is 10.1 Å². The fourth-order valence-electron chi connectivity index (χ4n) is 3.58. The Morgan fingerprint density at radius 3 is 2.66 bits per heavy atom. The minimum Gasteiger partial charge on any atom is -0.371 e. The second kappa shape index (κ2) is 12.9. The van der Waals surface area contributed by atoms with Crippen LogP contribution in [0.5, 0.6) is 0 Å². The lowest BCUT2D eigenvalue weighted by Gasteiger charge is -2.28. The van der Waals surface area contributed by atoms with Crippen LogP contribution in [0.25, 0.3) is 0 Å². The van der Waals surface area contributed by atoms with Gasteiger partial charge >= 0.3 is 0 Å². The van der Waals surface area contributed by atoms with Crippen molar-refractivity contribution in [3.63, 3.8) is 0 Å². The number of amides is 1. The van der Waals surface area contributed by atoms with E-state index in [1.54, 1.807) is 0 Å². The number of carbonyl (C=O) groups is 1. The van der Waals surface area contributed by atoms with E-state index in [4.69, 9.17) is 0 Å². The minimum atomic E-state index is -0.167. The summed E-state index contributed by atoms with van der Waals surface area (Å²) in [5.74, 6) is 0.474. The molecule has 0 aliphatic carbocycles. The molecule has 0 aliphatic heterocycles. The molecule has 7 nitrogen and oxygen atoms in total. The zero-order chi connectivity index (χ0) is 23.5. The van der Waals surface area contributed by atoms with Crippen molar-refractivity contribution < 1.29 is 4.79 Å². The molecule has 2 aromatic rings. The van der Waals surface area contributed by atoms with E-state index in [2.05, 4.69) is 51.7 Å². The van der Waals surface area contributed by atoms with Gasteiger partial charge in [-0.05, 0) is 55.4 Å². The molecule has 0 fully saturated rings. The number of benzene rings is 1. The number of nitrogens with zero attached hydrogens (tertiary/aromatic N) is 5. The molecule has 0 radical (unpaired) electrons. The maximum atomic E-state index is 11.8. The number of nitrogens with one attached hydrogen (secondary N) is 1. The van der Waals surface area contributed by atoms with Crippen LogP contribution in [0.4, 0.5) is 22.1 Å². The number of anilines is 2. The predicted octanol–water partition coefficient (Wildman–Crippen LogP) is 6.99. The molecule has 2 rings (SSSR count). The van der Waals surface area contributed by atoms with Crippen LogP contribution in [0.3, 0.4) is 0 Å². The van der Waals surface area contributed by atoms with E-state index in [0.29, 0.717) is 34.3 Å². The second-order valence-corrected chi connectivity index (χ2v) is 8.56. The van der Waals surface area contributed by atoms with Crippen LogP contribution in [-0.4, -0.2) is 23.4 Å². The van der Waals surface area contributed by atoms with Crippen LogP contribution >= 0.6 is 11.5 Å². The third-order valence-corrected chi connectivity index (χ3v) is 6.27. The highest BCUT2D eigenvalue weighted by Gasteiger charge is 2.15. The lowest BCUT2D eigenvalue weighted by molar-refractivity contribution is -0.114. The van der Waals surface area contributed by atoms with Gasteiger partial charge in [-0.15, -0.1) is 10.2 Å². The molecule has 0 spiro atoms. The number of azo groups is 1. The van der Waals surface area contributed by atoms with E-state index in [0.717, 1.165) is 42.4 Å². The van der Waals surface area contributed by atoms with Gasteiger partial charge in [0.1, 0.15) is 17.3 Å². The molecule has 1 aromatic heterocycles. The maximum absolute atomic E-state index is 11.8. The van der Waals surface area contributed by atoms with E-state index < -0.39 is 0 Å². The standard InChI is InChI=1S/C24H34N6OS/c1-6-10-11-18(7-2)16-30(9-4)19-12-13-22(23(14-19)26-17(5)31)27-28-24-20(15-25)21(8-3)29-32-24/h12-14,18H,6-11,16H2,1-5H3,(H,26,31). The maximum Gasteiger partial charge on any atom is 0.221 e. The van der Waals surface area contributed by atoms with Crippen molar-refractivity contribution in [2.24, 2.45) is 16.1 Å². The van der Waals surface area contributed by atoms with Crippen LogP contribution < -0.4 is 10.2 Å². The normalized spacial score (nSPS) is 12.0. The van der Waals surface area contributed by atoms with Crippen molar-refractivity contribution in [1.29, 1.82) is 5.26 Å². The first-order valence-corrected chi connectivity index (χ1v) is 12.2. The van der Waals surface area contributed by atoms with Gasteiger partial charge in [-0.2, -0.15) is 9.64 Å². The third-order valence-electron chi connectivity index (χ3n) is 5.50. The van der Waals surface area contributed by atoms with Crippen LogP contribution in [0.1, 0.15) is 71.6 Å². The highest BCUT2D eigenvalue weighted by Crippen LogP contribution is 2.34. The van der Waals surface area contributed by atoms with Gasteiger partial charge in [0.25, 0.3) is 0 Å². The van der Waals surface area contributed by atoms with E-state index in [-0.39, 0.29) is 5.91 Å². The first-order valence-electron chi connectivity index (χ1n) is 11.4. The molecule has 0 saturated carbocycles. The summed E-state index contributed by atoms with van der Waals surface area (Å²) in [5.41, 5.74) is 3.41. The highest BCUT2D eigenvalue weighted by atomic mass is 32.1. The average molecular weight is 455 g/mol. The molecular formula is C24H34N6OS. The molecule has 0 bridgehead atoms. The molecule has 1 heterocycles. The molecule has 172 valence electrons. The van der Waals surface area contributed by atoms with Gasteiger partial charge in [-0.3, -0.25) is 4.79 Å². The number of hydrogen-bond acceptors (Lipinski definition) is 7. The van der Waals surface area contributed by atoms with Gasteiger partial charge in [0, 0.05) is 25.7 Å². The zero-order valence-corrected chi connectivity index (χ0v) is 20.6. The molecule has 8 heteroatoms. The Morgan fingerprint density at radius 1 is 1.28 bits per heavy atom. The van der Waals surface area contributed by atoms with Crippen molar-refractivity contribution in [2.75, 3.05) is 23.3 Å². The van der Waals surface area contributed by atoms with Crippen LogP contribution in [0.15, 0.2) is 28.4 Å². The molecule has 32 heavy (non-hydrogen) atoms. The van der Waals surface area contributed by atoms with Crippen LogP contribution in [-0.2, 0) is 11.2 Å². The third kappa shape index (κ3) is 6.86. The molecular weight excluding hydrogens is 420 g/mol. The number of carbonyl (C=O) groups excluding carboxylic acids is 1. The lowest BCUT2D eigenvalue weighted by Crippen LogP contribution is -2.29. The highest BCUT2D eigenvalue weighted by molar-refractivity contribution is 7.10. The van der Waals surface area contributed by atoms with Gasteiger partial charge in [0.05, 0.1) is 11.4 Å². The monoisotopic (exact) mass is 454 g/mol. The molecule has 0 aliphatic rings. The zero-order valence-electron chi connectivity index (χ0n) is 19.8. The van der Waals surface area contributed by atoms with Gasteiger partial charge in [-0.1, -0.05) is 40.0 Å². The van der Waals surface area contributed by atoms with Gasteiger partial charge < -0.3 is 10.2 Å². The number of rotatable bonds is 12. The van der Waals surface area contributed by atoms with E-state index >= 15 is 0 Å². The summed E-state index contributed by atoms with van der Waals surface area (Å²) in [5, 5.41) is 21.4. The largest absolute Gasteiger partial charge is 0.371 e. The summed E-state index contributed by atoms with van der Waals surface area (Å²) < 4.78 is 4.28. The summed E-state index contributed by atoms with van der Waals surface area (Å²) >= 11 is 1.16. The number of aromatic nitrogens is 1.